The lowest BCUT2D eigenvalue weighted by Gasteiger charge is -2.25. The summed E-state index contributed by atoms with van der Waals surface area (Å²) in [4.78, 5) is 15.3. The number of halogens is 1. The molecule has 1 heterocycles. The first-order valence-corrected chi connectivity index (χ1v) is 10.1. The van der Waals surface area contributed by atoms with E-state index in [0.717, 1.165) is 12.2 Å². The van der Waals surface area contributed by atoms with Crippen molar-refractivity contribution in [1.82, 2.24) is 15.0 Å². The topological polar surface area (TPSA) is 81.6 Å². The summed E-state index contributed by atoms with van der Waals surface area (Å²) >= 11 is 6.06. The minimum Gasteiger partial charge on any atom is -0.493 e. The van der Waals surface area contributed by atoms with Crippen LogP contribution >= 0.6 is 11.6 Å². The molecule has 0 spiro atoms. The second-order valence-corrected chi connectivity index (χ2v) is 7.57. The quantitative estimate of drug-likeness (QED) is 0.489. The first-order valence-electron chi connectivity index (χ1n) is 9.74. The third-order valence-electron chi connectivity index (χ3n) is 4.41. The Morgan fingerprint density at radius 1 is 0.968 bits per heavy atom. The van der Waals surface area contributed by atoms with Gasteiger partial charge in [0.2, 0.25) is 17.6 Å². The van der Waals surface area contributed by atoms with E-state index < -0.39 is 0 Å². The number of nitrogens with zero attached hydrogens (tertiary/aromatic N) is 4. The van der Waals surface area contributed by atoms with Gasteiger partial charge in [-0.2, -0.15) is 4.98 Å². The summed E-state index contributed by atoms with van der Waals surface area (Å²) in [6, 6.07) is 11.2. The van der Waals surface area contributed by atoms with Crippen molar-refractivity contribution in [3.8, 4) is 17.2 Å². The Labute approximate surface area is 187 Å². The lowest BCUT2D eigenvalue weighted by Crippen LogP contribution is -2.24. The minimum absolute atomic E-state index is 0.388. The predicted octanol–water partition coefficient (Wildman–Crippen LogP) is 5.09. The fourth-order valence-electron chi connectivity index (χ4n) is 3.05. The van der Waals surface area contributed by atoms with Crippen molar-refractivity contribution in [2.75, 3.05) is 38.1 Å². The SMILES string of the molecule is COc1cc(Nc2ncnc(N(CC(C)C)c3ccc(Cl)cc3)n2)cc(OC)c1OC. The molecule has 3 rings (SSSR count). The van der Waals surface area contributed by atoms with Crippen LogP contribution in [-0.4, -0.2) is 42.8 Å². The molecule has 0 atom stereocenters. The Kier molecular flexibility index (Phi) is 7.36. The van der Waals surface area contributed by atoms with Crippen LogP contribution in [-0.2, 0) is 0 Å². The number of rotatable bonds is 9. The molecule has 0 aliphatic carbocycles. The molecular formula is C22H26ClN5O3. The number of benzene rings is 2. The Hall–Kier alpha value is -3.26. The molecule has 0 fully saturated rings. The maximum Gasteiger partial charge on any atom is 0.234 e. The van der Waals surface area contributed by atoms with E-state index in [-0.39, 0.29) is 0 Å². The van der Waals surface area contributed by atoms with E-state index in [9.17, 15) is 0 Å². The average molecular weight is 444 g/mol. The molecule has 1 N–H and O–H groups in total. The molecule has 3 aromatic rings. The standard InChI is InChI=1S/C22H26ClN5O3/c1-14(2)12-28(17-8-6-15(23)7-9-17)22-25-13-24-21(27-22)26-16-10-18(29-3)20(31-5)19(11-16)30-4/h6-11,13-14H,12H2,1-5H3,(H,24,25,26,27). The van der Waals surface area contributed by atoms with Crippen molar-refractivity contribution in [3.63, 3.8) is 0 Å². The first kappa shape index (κ1) is 22.4. The Morgan fingerprint density at radius 3 is 2.16 bits per heavy atom. The van der Waals surface area contributed by atoms with Gasteiger partial charge in [0.1, 0.15) is 6.33 Å². The number of anilines is 4. The summed E-state index contributed by atoms with van der Waals surface area (Å²) in [6.45, 7) is 5.01. The van der Waals surface area contributed by atoms with Crippen molar-refractivity contribution < 1.29 is 14.2 Å². The van der Waals surface area contributed by atoms with Crippen LogP contribution in [0, 0.1) is 5.92 Å². The minimum atomic E-state index is 0.388. The van der Waals surface area contributed by atoms with Gasteiger partial charge in [0.05, 0.1) is 21.3 Å². The zero-order chi connectivity index (χ0) is 22.4. The van der Waals surface area contributed by atoms with Gasteiger partial charge >= 0.3 is 0 Å². The molecule has 8 nitrogen and oxygen atoms in total. The van der Waals surface area contributed by atoms with Crippen LogP contribution in [0.2, 0.25) is 5.02 Å². The van der Waals surface area contributed by atoms with Crippen LogP contribution in [0.4, 0.5) is 23.3 Å². The summed E-state index contributed by atoms with van der Waals surface area (Å²) < 4.78 is 16.2. The van der Waals surface area contributed by atoms with Crippen LogP contribution < -0.4 is 24.4 Å². The summed E-state index contributed by atoms with van der Waals surface area (Å²) in [5.41, 5.74) is 1.64. The van der Waals surface area contributed by atoms with E-state index in [1.165, 1.54) is 6.33 Å². The molecule has 164 valence electrons. The van der Waals surface area contributed by atoms with Gasteiger partial charge in [0.15, 0.2) is 11.5 Å². The molecule has 31 heavy (non-hydrogen) atoms. The summed E-state index contributed by atoms with van der Waals surface area (Å²) in [5.74, 6) is 2.88. The molecule has 9 heteroatoms. The van der Waals surface area contributed by atoms with E-state index in [1.807, 2.05) is 29.2 Å². The van der Waals surface area contributed by atoms with Gasteiger partial charge < -0.3 is 24.4 Å². The fourth-order valence-corrected chi connectivity index (χ4v) is 3.17. The van der Waals surface area contributed by atoms with Crippen LogP contribution in [0.25, 0.3) is 0 Å². The zero-order valence-corrected chi connectivity index (χ0v) is 19.0. The van der Waals surface area contributed by atoms with Crippen LogP contribution in [0.1, 0.15) is 13.8 Å². The maximum atomic E-state index is 6.06. The van der Waals surface area contributed by atoms with E-state index in [2.05, 4.69) is 34.1 Å². The maximum absolute atomic E-state index is 6.06. The highest BCUT2D eigenvalue weighted by Crippen LogP contribution is 2.40. The van der Waals surface area contributed by atoms with E-state index in [1.54, 1.807) is 33.5 Å². The largest absolute Gasteiger partial charge is 0.493 e. The summed E-state index contributed by atoms with van der Waals surface area (Å²) in [5, 5.41) is 3.86. The summed E-state index contributed by atoms with van der Waals surface area (Å²) in [7, 11) is 4.70. The van der Waals surface area contributed by atoms with Gasteiger partial charge in [0.25, 0.3) is 0 Å². The summed E-state index contributed by atoms with van der Waals surface area (Å²) in [6.07, 6.45) is 1.48. The molecule has 0 aliphatic rings. The zero-order valence-electron chi connectivity index (χ0n) is 18.2. The smallest absolute Gasteiger partial charge is 0.234 e. The Morgan fingerprint density at radius 2 is 1.61 bits per heavy atom. The van der Waals surface area contributed by atoms with E-state index >= 15 is 0 Å². The number of ether oxygens (including phenoxy) is 3. The molecule has 1 aromatic heterocycles. The highest BCUT2D eigenvalue weighted by Gasteiger charge is 2.17. The molecular weight excluding hydrogens is 418 g/mol. The lowest BCUT2D eigenvalue weighted by molar-refractivity contribution is 0.324. The number of hydrogen-bond acceptors (Lipinski definition) is 8. The molecule has 0 amide bonds. The second kappa shape index (κ2) is 10.2. The Bertz CT molecular complexity index is 989. The number of nitrogens with one attached hydrogen (secondary N) is 1. The van der Waals surface area contributed by atoms with Gasteiger partial charge in [0, 0.05) is 35.1 Å². The van der Waals surface area contributed by atoms with Crippen LogP contribution in [0.5, 0.6) is 17.2 Å². The molecule has 0 radical (unpaired) electrons. The third-order valence-corrected chi connectivity index (χ3v) is 4.66. The van der Waals surface area contributed by atoms with Crippen molar-refractivity contribution in [3.05, 3.63) is 47.7 Å². The second-order valence-electron chi connectivity index (χ2n) is 7.13. The van der Waals surface area contributed by atoms with Gasteiger partial charge in [-0.15, -0.1) is 0 Å². The molecule has 0 unspecified atom stereocenters. The predicted molar refractivity (Wildman–Crippen MR) is 123 cm³/mol. The normalized spacial score (nSPS) is 10.7. The van der Waals surface area contributed by atoms with Crippen molar-refractivity contribution in [2.24, 2.45) is 5.92 Å². The van der Waals surface area contributed by atoms with Crippen molar-refractivity contribution in [2.45, 2.75) is 13.8 Å². The van der Waals surface area contributed by atoms with Crippen LogP contribution in [0.3, 0.4) is 0 Å². The van der Waals surface area contributed by atoms with E-state index in [4.69, 9.17) is 25.8 Å². The highest BCUT2D eigenvalue weighted by molar-refractivity contribution is 6.30. The van der Waals surface area contributed by atoms with Gasteiger partial charge in [-0.1, -0.05) is 25.4 Å². The Balaban J connectivity index is 1.94. The van der Waals surface area contributed by atoms with Gasteiger partial charge in [-0.3, -0.25) is 0 Å². The molecule has 0 aliphatic heterocycles. The third kappa shape index (κ3) is 5.46. The number of aromatic nitrogens is 3. The molecule has 0 saturated heterocycles. The van der Waals surface area contributed by atoms with E-state index in [0.29, 0.717) is 45.8 Å². The molecule has 0 bridgehead atoms. The number of methoxy groups -OCH3 is 3. The fraction of sp³-hybridized carbons (Fsp3) is 0.318. The van der Waals surface area contributed by atoms with Crippen molar-refractivity contribution in [1.29, 1.82) is 0 Å². The van der Waals surface area contributed by atoms with Gasteiger partial charge in [-0.25, -0.2) is 9.97 Å². The first-order chi connectivity index (χ1) is 14.9. The molecule has 2 aromatic carbocycles. The van der Waals surface area contributed by atoms with Crippen molar-refractivity contribution >= 4 is 34.9 Å². The highest BCUT2D eigenvalue weighted by atomic mass is 35.5. The average Bonchev–Trinajstić information content (AvgIpc) is 2.77. The lowest BCUT2D eigenvalue weighted by atomic mass is 10.2. The molecule has 0 saturated carbocycles. The number of hydrogen-bond donors (Lipinski definition) is 1. The monoisotopic (exact) mass is 443 g/mol. The van der Waals surface area contributed by atoms with Crippen LogP contribution in [0.15, 0.2) is 42.7 Å². The van der Waals surface area contributed by atoms with Gasteiger partial charge in [-0.05, 0) is 30.2 Å².